The van der Waals surface area contributed by atoms with E-state index >= 15 is 0 Å². The molecule has 0 spiro atoms. The highest BCUT2D eigenvalue weighted by atomic mass is 32.1. The van der Waals surface area contributed by atoms with E-state index in [0.29, 0.717) is 5.13 Å². The lowest BCUT2D eigenvalue weighted by atomic mass is 10.2. The normalized spacial score (nSPS) is 12.8. The van der Waals surface area contributed by atoms with Crippen molar-refractivity contribution >= 4 is 22.4 Å². The zero-order valence-corrected chi connectivity index (χ0v) is 7.04. The molecule has 0 aliphatic heterocycles. The minimum Gasteiger partial charge on any atom is -0.480 e. The van der Waals surface area contributed by atoms with Crippen LogP contribution >= 0.6 is 11.3 Å². The van der Waals surface area contributed by atoms with E-state index in [9.17, 15) is 4.79 Å². The van der Waals surface area contributed by atoms with Crippen LogP contribution in [0.1, 0.15) is 4.88 Å². The lowest BCUT2D eigenvalue weighted by Gasteiger charge is -2.01. The average Bonchev–Trinajstić information content (AvgIpc) is 2.35. The summed E-state index contributed by atoms with van der Waals surface area (Å²) >= 11 is 1.26. The van der Waals surface area contributed by atoms with E-state index in [2.05, 4.69) is 4.98 Å². The summed E-state index contributed by atoms with van der Waals surface area (Å²) in [5.41, 5.74) is 10.6. The van der Waals surface area contributed by atoms with E-state index in [1.54, 1.807) is 6.20 Å². The number of nitrogen functional groups attached to an aromatic ring is 1. The van der Waals surface area contributed by atoms with Crippen molar-refractivity contribution in [2.45, 2.75) is 12.5 Å². The minimum absolute atomic E-state index is 0.282. The summed E-state index contributed by atoms with van der Waals surface area (Å²) in [6.45, 7) is 0. The van der Waals surface area contributed by atoms with Gasteiger partial charge in [-0.1, -0.05) is 0 Å². The van der Waals surface area contributed by atoms with Crippen LogP contribution in [-0.4, -0.2) is 22.1 Å². The van der Waals surface area contributed by atoms with Gasteiger partial charge in [-0.2, -0.15) is 0 Å². The zero-order valence-electron chi connectivity index (χ0n) is 6.23. The average molecular weight is 187 g/mol. The number of aliphatic carboxylic acids is 1. The van der Waals surface area contributed by atoms with Crippen molar-refractivity contribution in [2.75, 3.05) is 5.73 Å². The third-order valence-corrected chi connectivity index (χ3v) is 2.16. The molecular weight excluding hydrogens is 178 g/mol. The Balaban J connectivity index is 2.58. The highest BCUT2D eigenvalue weighted by molar-refractivity contribution is 7.15. The van der Waals surface area contributed by atoms with E-state index < -0.39 is 12.0 Å². The fourth-order valence-electron chi connectivity index (χ4n) is 0.721. The third kappa shape index (κ3) is 2.18. The Kier molecular flexibility index (Phi) is 2.61. The summed E-state index contributed by atoms with van der Waals surface area (Å²) in [5.74, 6) is -1.01. The molecule has 1 unspecified atom stereocenters. The maximum atomic E-state index is 10.3. The molecule has 1 aromatic heterocycles. The number of carbonyl (C=O) groups is 1. The second-order valence-electron chi connectivity index (χ2n) is 2.31. The van der Waals surface area contributed by atoms with Gasteiger partial charge in [0, 0.05) is 17.5 Å². The number of aromatic nitrogens is 1. The number of carboxylic acid groups (broad SMARTS) is 1. The van der Waals surface area contributed by atoms with Crippen LogP contribution in [0.5, 0.6) is 0 Å². The molecule has 0 aliphatic rings. The molecule has 1 aromatic rings. The second-order valence-corrected chi connectivity index (χ2v) is 3.46. The number of carboxylic acids is 1. The number of nitrogens with zero attached hydrogens (tertiary/aromatic N) is 1. The number of hydrogen-bond acceptors (Lipinski definition) is 5. The zero-order chi connectivity index (χ0) is 9.14. The van der Waals surface area contributed by atoms with Gasteiger partial charge in [0.2, 0.25) is 0 Å². The molecule has 0 aromatic carbocycles. The van der Waals surface area contributed by atoms with Crippen molar-refractivity contribution in [3.8, 4) is 0 Å². The number of hydrogen-bond donors (Lipinski definition) is 3. The Morgan fingerprint density at radius 3 is 2.92 bits per heavy atom. The van der Waals surface area contributed by atoms with Crippen molar-refractivity contribution in [1.82, 2.24) is 4.98 Å². The Morgan fingerprint density at radius 1 is 1.83 bits per heavy atom. The van der Waals surface area contributed by atoms with E-state index in [0.717, 1.165) is 4.88 Å². The predicted octanol–water partition coefficient (Wildman–Crippen LogP) is -0.320. The monoisotopic (exact) mass is 187 g/mol. The van der Waals surface area contributed by atoms with E-state index in [1.165, 1.54) is 11.3 Å². The first-order chi connectivity index (χ1) is 5.59. The van der Waals surface area contributed by atoms with Crippen molar-refractivity contribution in [3.05, 3.63) is 11.1 Å². The summed E-state index contributed by atoms with van der Waals surface area (Å²) in [6, 6.07) is -0.871. The number of rotatable bonds is 3. The summed E-state index contributed by atoms with van der Waals surface area (Å²) < 4.78 is 0. The summed E-state index contributed by atoms with van der Waals surface area (Å²) in [4.78, 5) is 14.9. The van der Waals surface area contributed by atoms with Gasteiger partial charge in [-0.05, 0) is 0 Å². The summed E-state index contributed by atoms with van der Waals surface area (Å²) in [6.07, 6.45) is 1.83. The van der Waals surface area contributed by atoms with Crippen LogP contribution in [0.25, 0.3) is 0 Å². The predicted molar refractivity (Wildman–Crippen MR) is 45.8 cm³/mol. The van der Waals surface area contributed by atoms with Crippen LogP contribution in [0, 0.1) is 0 Å². The first kappa shape index (κ1) is 8.95. The third-order valence-electron chi connectivity index (χ3n) is 1.31. The molecule has 0 saturated carbocycles. The van der Waals surface area contributed by atoms with Crippen LogP contribution in [-0.2, 0) is 11.2 Å². The van der Waals surface area contributed by atoms with E-state index in [4.69, 9.17) is 16.6 Å². The number of thiazole rings is 1. The fourth-order valence-corrected chi connectivity index (χ4v) is 1.46. The molecule has 12 heavy (non-hydrogen) atoms. The molecule has 0 radical (unpaired) electrons. The van der Waals surface area contributed by atoms with Crippen LogP contribution in [0.3, 0.4) is 0 Å². The Hall–Kier alpha value is -1.14. The summed E-state index contributed by atoms with van der Waals surface area (Å²) in [5, 5.41) is 8.91. The molecule has 1 atom stereocenters. The summed E-state index contributed by atoms with van der Waals surface area (Å²) in [7, 11) is 0. The molecule has 0 bridgehead atoms. The van der Waals surface area contributed by atoms with Gasteiger partial charge in [-0.15, -0.1) is 11.3 Å². The lowest BCUT2D eigenvalue weighted by Crippen LogP contribution is -2.31. The van der Waals surface area contributed by atoms with Crippen molar-refractivity contribution in [3.63, 3.8) is 0 Å². The van der Waals surface area contributed by atoms with Crippen molar-refractivity contribution in [1.29, 1.82) is 0 Å². The van der Waals surface area contributed by atoms with E-state index in [-0.39, 0.29) is 6.42 Å². The maximum absolute atomic E-state index is 10.3. The van der Waals surface area contributed by atoms with Gasteiger partial charge in [0.25, 0.3) is 0 Å². The SMILES string of the molecule is Nc1ncc(CC(N)C(=O)O)s1. The van der Waals surface area contributed by atoms with Gasteiger partial charge in [0.1, 0.15) is 6.04 Å². The minimum atomic E-state index is -1.01. The van der Waals surface area contributed by atoms with Crippen LogP contribution in [0.2, 0.25) is 0 Å². The van der Waals surface area contributed by atoms with Gasteiger partial charge in [-0.25, -0.2) is 4.98 Å². The highest BCUT2D eigenvalue weighted by Gasteiger charge is 2.13. The molecule has 6 heteroatoms. The molecule has 5 N–H and O–H groups in total. The van der Waals surface area contributed by atoms with Gasteiger partial charge in [0.05, 0.1) is 0 Å². The topological polar surface area (TPSA) is 102 Å². The molecule has 1 rings (SSSR count). The smallest absolute Gasteiger partial charge is 0.320 e. The number of anilines is 1. The molecule has 5 nitrogen and oxygen atoms in total. The largest absolute Gasteiger partial charge is 0.480 e. The Morgan fingerprint density at radius 2 is 2.50 bits per heavy atom. The highest BCUT2D eigenvalue weighted by Crippen LogP contribution is 2.15. The maximum Gasteiger partial charge on any atom is 0.320 e. The van der Waals surface area contributed by atoms with E-state index in [1.807, 2.05) is 0 Å². The molecule has 66 valence electrons. The van der Waals surface area contributed by atoms with Gasteiger partial charge in [-0.3, -0.25) is 4.79 Å². The van der Waals surface area contributed by atoms with Crippen LogP contribution in [0.15, 0.2) is 6.20 Å². The molecular formula is C6H9N3O2S. The molecule has 0 amide bonds. The van der Waals surface area contributed by atoms with Gasteiger partial charge in [0.15, 0.2) is 5.13 Å². The van der Waals surface area contributed by atoms with Crippen LogP contribution < -0.4 is 11.5 Å². The van der Waals surface area contributed by atoms with Gasteiger partial charge < -0.3 is 16.6 Å². The number of nitrogens with two attached hydrogens (primary N) is 2. The second kappa shape index (κ2) is 3.51. The first-order valence-corrected chi connectivity index (χ1v) is 4.10. The van der Waals surface area contributed by atoms with Crippen molar-refractivity contribution in [2.24, 2.45) is 5.73 Å². The molecule has 0 aliphatic carbocycles. The van der Waals surface area contributed by atoms with Crippen LogP contribution in [0.4, 0.5) is 5.13 Å². The molecule has 1 heterocycles. The Labute approximate surface area is 73.0 Å². The molecule has 0 saturated heterocycles. The molecule has 0 fully saturated rings. The van der Waals surface area contributed by atoms with Crippen molar-refractivity contribution < 1.29 is 9.90 Å². The lowest BCUT2D eigenvalue weighted by molar-refractivity contribution is -0.138. The first-order valence-electron chi connectivity index (χ1n) is 3.28. The standard InChI is InChI=1S/C6H9N3O2S/c7-4(5(10)11)1-3-2-9-6(8)12-3/h2,4H,1,7H2,(H2,8,9)(H,10,11). The fraction of sp³-hybridized carbons (Fsp3) is 0.333. The quantitative estimate of drug-likeness (QED) is 0.601. The van der Waals surface area contributed by atoms with Gasteiger partial charge >= 0.3 is 5.97 Å². The Bertz CT molecular complexity index is 286.